The molecule has 20 heavy (non-hydrogen) atoms. The van der Waals surface area contributed by atoms with Crippen LogP contribution >= 0.6 is 0 Å². The molecule has 0 bridgehead atoms. The average Bonchev–Trinajstić information content (AvgIpc) is 2.96. The number of hydrogen-bond acceptors (Lipinski definition) is 4. The molecule has 0 saturated carbocycles. The first-order valence-electron chi connectivity index (χ1n) is 7.31. The third kappa shape index (κ3) is 4.90. The normalized spacial score (nSPS) is 18.3. The highest BCUT2D eigenvalue weighted by Crippen LogP contribution is 2.16. The van der Waals surface area contributed by atoms with Gasteiger partial charge in [-0.2, -0.15) is 0 Å². The molecule has 1 fully saturated rings. The minimum absolute atomic E-state index is 0.151. The van der Waals surface area contributed by atoms with Crippen molar-refractivity contribution in [2.75, 3.05) is 19.7 Å². The lowest BCUT2D eigenvalue weighted by Crippen LogP contribution is -2.20. The van der Waals surface area contributed by atoms with Crippen LogP contribution in [0.5, 0.6) is 0 Å². The summed E-state index contributed by atoms with van der Waals surface area (Å²) in [4.78, 5) is 10.2. The first kappa shape index (κ1) is 14.9. The fourth-order valence-electron chi connectivity index (χ4n) is 2.47. The van der Waals surface area contributed by atoms with Gasteiger partial charge in [0.25, 0.3) is 5.69 Å². The van der Waals surface area contributed by atoms with Crippen molar-refractivity contribution in [3.63, 3.8) is 0 Å². The second-order valence-electron chi connectivity index (χ2n) is 5.20. The van der Waals surface area contributed by atoms with Crippen molar-refractivity contribution in [3.8, 4) is 0 Å². The van der Waals surface area contributed by atoms with Crippen LogP contribution in [0.25, 0.3) is 0 Å². The van der Waals surface area contributed by atoms with Gasteiger partial charge in [-0.25, -0.2) is 0 Å². The molecule has 1 aromatic carbocycles. The molecule has 110 valence electrons. The fourth-order valence-corrected chi connectivity index (χ4v) is 2.47. The van der Waals surface area contributed by atoms with E-state index in [2.05, 4.69) is 5.32 Å². The van der Waals surface area contributed by atoms with Gasteiger partial charge < -0.3 is 10.1 Å². The van der Waals surface area contributed by atoms with Crippen molar-refractivity contribution in [2.24, 2.45) is 0 Å². The molecule has 1 aromatic rings. The predicted molar refractivity (Wildman–Crippen MR) is 77.9 cm³/mol. The smallest absolute Gasteiger partial charge is 0.269 e. The maximum Gasteiger partial charge on any atom is 0.269 e. The first-order chi connectivity index (χ1) is 9.75. The van der Waals surface area contributed by atoms with Gasteiger partial charge in [0.05, 0.1) is 11.0 Å². The lowest BCUT2D eigenvalue weighted by Gasteiger charge is -2.09. The van der Waals surface area contributed by atoms with E-state index in [1.807, 2.05) is 12.1 Å². The van der Waals surface area contributed by atoms with E-state index in [-0.39, 0.29) is 10.6 Å². The highest BCUT2D eigenvalue weighted by atomic mass is 16.6. The van der Waals surface area contributed by atoms with Crippen LogP contribution in [0.15, 0.2) is 24.3 Å². The van der Waals surface area contributed by atoms with E-state index in [4.69, 9.17) is 4.74 Å². The average molecular weight is 278 g/mol. The van der Waals surface area contributed by atoms with Gasteiger partial charge in [-0.1, -0.05) is 12.1 Å². The summed E-state index contributed by atoms with van der Waals surface area (Å²) in [7, 11) is 0. The highest BCUT2D eigenvalue weighted by Gasteiger charge is 2.14. The van der Waals surface area contributed by atoms with Crippen molar-refractivity contribution < 1.29 is 9.66 Å². The number of nitrogens with one attached hydrogen (secondary N) is 1. The van der Waals surface area contributed by atoms with Crippen molar-refractivity contribution >= 4 is 5.69 Å². The van der Waals surface area contributed by atoms with Crippen LogP contribution in [0.3, 0.4) is 0 Å². The SMILES string of the molecule is O=[N+]([O-])c1ccc(CCNCCCC2CCCO2)cc1. The second-order valence-corrected chi connectivity index (χ2v) is 5.20. The van der Waals surface area contributed by atoms with Crippen molar-refractivity contribution in [1.29, 1.82) is 0 Å². The lowest BCUT2D eigenvalue weighted by molar-refractivity contribution is -0.384. The number of hydrogen-bond donors (Lipinski definition) is 1. The molecule has 0 aliphatic carbocycles. The highest BCUT2D eigenvalue weighted by molar-refractivity contribution is 5.32. The van der Waals surface area contributed by atoms with Gasteiger partial charge >= 0.3 is 0 Å². The standard InChI is InChI=1S/C15H22N2O3/c18-17(19)14-7-5-13(6-8-14)9-11-16-10-1-3-15-4-2-12-20-15/h5-8,15-16H,1-4,9-12H2. The summed E-state index contributed by atoms with van der Waals surface area (Å²) in [6.45, 7) is 2.84. The van der Waals surface area contributed by atoms with E-state index in [1.165, 1.54) is 12.8 Å². The van der Waals surface area contributed by atoms with Crippen LogP contribution in [0, 0.1) is 10.1 Å². The Kier molecular flexibility index (Phi) is 5.95. The van der Waals surface area contributed by atoms with Crippen molar-refractivity contribution in [1.82, 2.24) is 5.32 Å². The molecule has 1 aliphatic rings. The Morgan fingerprint density at radius 3 is 2.75 bits per heavy atom. The van der Waals surface area contributed by atoms with Gasteiger partial charge in [0.15, 0.2) is 0 Å². The monoisotopic (exact) mass is 278 g/mol. The maximum absolute atomic E-state index is 10.5. The summed E-state index contributed by atoms with van der Waals surface area (Å²) < 4.78 is 5.58. The summed E-state index contributed by atoms with van der Waals surface area (Å²) in [6, 6.07) is 6.78. The number of nitrogens with zero attached hydrogens (tertiary/aromatic N) is 1. The molecule has 1 aliphatic heterocycles. The van der Waals surface area contributed by atoms with Crippen LogP contribution < -0.4 is 5.32 Å². The van der Waals surface area contributed by atoms with E-state index >= 15 is 0 Å². The van der Waals surface area contributed by atoms with Gasteiger partial charge in [0.1, 0.15) is 0 Å². The number of nitro benzene ring substituents is 1. The molecule has 1 N–H and O–H groups in total. The topological polar surface area (TPSA) is 64.4 Å². The molecule has 0 spiro atoms. The van der Waals surface area contributed by atoms with Crippen LogP contribution in [0.4, 0.5) is 5.69 Å². The third-order valence-electron chi connectivity index (χ3n) is 3.64. The minimum atomic E-state index is -0.368. The maximum atomic E-state index is 10.5. The lowest BCUT2D eigenvalue weighted by atomic mass is 10.1. The van der Waals surface area contributed by atoms with E-state index in [9.17, 15) is 10.1 Å². The van der Waals surface area contributed by atoms with Gasteiger partial charge in [0, 0.05) is 18.7 Å². The molecule has 1 heterocycles. The van der Waals surface area contributed by atoms with Gasteiger partial charge in [-0.3, -0.25) is 10.1 Å². The molecule has 0 aromatic heterocycles. The molecule has 0 amide bonds. The number of nitro groups is 1. The summed E-state index contributed by atoms with van der Waals surface area (Å²) in [5.74, 6) is 0. The Bertz CT molecular complexity index is 414. The Hall–Kier alpha value is -1.46. The Morgan fingerprint density at radius 2 is 2.10 bits per heavy atom. The van der Waals surface area contributed by atoms with Gasteiger partial charge in [-0.15, -0.1) is 0 Å². The molecule has 2 rings (SSSR count). The quantitative estimate of drug-likeness (QED) is 0.451. The minimum Gasteiger partial charge on any atom is -0.378 e. The number of ether oxygens (including phenoxy) is 1. The number of rotatable bonds is 8. The van der Waals surface area contributed by atoms with E-state index in [0.29, 0.717) is 6.10 Å². The van der Waals surface area contributed by atoms with Crippen molar-refractivity contribution in [3.05, 3.63) is 39.9 Å². The molecular weight excluding hydrogens is 256 g/mol. The van der Waals surface area contributed by atoms with Crippen LogP contribution in [-0.4, -0.2) is 30.7 Å². The zero-order valence-corrected chi connectivity index (χ0v) is 11.7. The van der Waals surface area contributed by atoms with Crippen molar-refractivity contribution in [2.45, 2.75) is 38.2 Å². The van der Waals surface area contributed by atoms with E-state index < -0.39 is 0 Å². The Morgan fingerprint density at radius 1 is 1.30 bits per heavy atom. The van der Waals surface area contributed by atoms with Crippen LogP contribution in [0.1, 0.15) is 31.2 Å². The van der Waals surface area contributed by atoms with E-state index in [1.54, 1.807) is 12.1 Å². The predicted octanol–water partition coefficient (Wildman–Crippen LogP) is 2.69. The molecule has 0 radical (unpaired) electrons. The Labute approximate surface area is 119 Å². The summed E-state index contributed by atoms with van der Waals surface area (Å²) >= 11 is 0. The molecule has 5 heteroatoms. The van der Waals surface area contributed by atoms with Gasteiger partial charge in [-0.05, 0) is 50.8 Å². The zero-order chi connectivity index (χ0) is 14.2. The van der Waals surface area contributed by atoms with Crippen LogP contribution in [0.2, 0.25) is 0 Å². The zero-order valence-electron chi connectivity index (χ0n) is 11.7. The van der Waals surface area contributed by atoms with E-state index in [0.717, 1.165) is 44.5 Å². The fraction of sp³-hybridized carbons (Fsp3) is 0.600. The molecule has 1 atom stereocenters. The molecule has 1 saturated heterocycles. The Balaban J connectivity index is 1.55. The van der Waals surface area contributed by atoms with Gasteiger partial charge in [0.2, 0.25) is 0 Å². The largest absolute Gasteiger partial charge is 0.378 e. The molecule has 1 unspecified atom stereocenters. The second kappa shape index (κ2) is 7.97. The molecule has 5 nitrogen and oxygen atoms in total. The number of non-ortho nitro benzene ring substituents is 1. The third-order valence-corrected chi connectivity index (χ3v) is 3.64. The molecular formula is C15H22N2O3. The summed E-state index contributed by atoms with van der Waals surface area (Å²) in [5.41, 5.74) is 1.28. The first-order valence-corrected chi connectivity index (χ1v) is 7.31. The number of benzene rings is 1. The van der Waals surface area contributed by atoms with Crippen LogP contribution in [-0.2, 0) is 11.2 Å². The summed E-state index contributed by atoms with van der Waals surface area (Å²) in [6.07, 6.45) is 6.08. The summed E-state index contributed by atoms with van der Waals surface area (Å²) in [5, 5.41) is 13.9.